The number of ether oxygens (including phenoxy) is 2. The van der Waals surface area contributed by atoms with Gasteiger partial charge in [0.2, 0.25) is 5.91 Å². The number of fused-ring (bicyclic) bond motifs is 1. The molecule has 0 aromatic heterocycles. The maximum absolute atomic E-state index is 12.7. The molecule has 3 rings (SSSR count). The van der Waals surface area contributed by atoms with Gasteiger partial charge in [-0.15, -0.1) is 0 Å². The lowest BCUT2D eigenvalue weighted by atomic mass is 9.97. The van der Waals surface area contributed by atoms with Crippen molar-refractivity contribution in [2.24, 2.45) is 0 Å². The fourth-order valence-electron chi connectivity index (χ4n) is 3.52. The first kappa shape index (κ1) is 18.5. The highest BCUT2D eigenvalue weighted by Gasteiger charge is 2.34. The zero-order chi connectivity index (χ0) is 18.7. The lowest BCUT2D eigenvalue weighted by Crippen LogP contribution is -2.49. The highest BCUT2D eigenvalue weighted by atomic mass is 16.5. The molecule has 2 heterocycles. The number of hydrogen-bond acceptors (Lipinski definition) is 5. The van der Waals surface area contributed by atoms with Gasteiger partial charge in [0.15, 0.2) is 11.5 Å². The zero-order valence-electron chi connectivity index (χ0n) is 15.7. The first-order chi connectivity index (χ1) is 12.5. The van der Waals surface area contributed by atoms with E-state index in [4.69, 9.17) is 9.47 Å². The van der Waals surface area contributed by atoms with E-state index in [9.17, 15) is 9.59 Å². The van der Waals surface area contributed by atoms with Crippen LogP contribution in [0.2, 0.25) is 0 Å². The van der Waals surface area contributed by atoms with E-state index >= 15 is 0 Å². The summed E-state index contributed by atoms with van der Waals surface area (Å²) < 4.78 is 11.4. The van der Waals surface area contributed by atoms with Gasteiger partial charge in [0, 0.05) is 26.2 Å². The lowest BCUT2D eigenvalue weighted by Gasteiger charge is -2.34. The van der Waals surface area contributed by atoms with Crippen LogP contribution in [0, 0.1) is 0 Å². The van der Waals surface area contributed by atoms with Gasteiger partial charge in [0.25, 0.3) is 0 Å². The standard InChI is InChI=1S/C19H27N3O4/c1-4-25-16-10-14-6-8-21(12-15(14)11-17(16)26-5-2)13(3)18(23)22-9-7-20-19(22)24/h10-11,13H,4-9,12H2,1-3H3,(H,20,24)/t13-/m1/s1. The summed E-state index contributed by atoms with van der Waals surface area (Å²) in [7, 11) is 0. The number of benzene rings is 1. The Bertz CT molecular complexity index is 692. The molecule has 1 aromatic rings. The lowest BCUT2D eigenvalue weighted by molar-refractivity contribution is -0.133. The highest BCUT2D eigenvalue weighted by molar-refractivity contribution is 5.98. The Morgan fingerprint density at radius 3 is 2.38 bits per heavy atom. The minimum atomic E-state index is -0.339. The van der Waals surface area contributed by atoms with Gasteiger partial charge in [0.05, 0.1) is 19.3 Å². The van der Waals surface area contributed by atoms with Crippen LogP contribution in [-0.2, 0) is 17.8 Å². The Morgan fingerprint density at radius 1 is 1.15 bits per heavy atom. The molecule has 0 saturated carbocycles. The predicted octanol–water partition coefficient (Wildman–Crippen LogP) is 1.78. The average Bonchev–Trinajstić information content (AvgIpc) is 3.07. The minimum Gasteiger partial charge on any atom is -0.490 e. The molecule has 1 fully saturated rings. The molecular formula is C19H27N3O4. The van der Waals surface area contributed by atoms with Crippen LogP contribution in [0.5, 0.6) is 11.5 Å². The molecule has 0 bridgehead atoms. The van der Waals surface area contributed by atoms with Crippen molar-refractivity contribution in [1.82, 2.24) is 15.1 Å². The molecule has 0 spiro atoms. The molecule has 2 aliphatic heterocycles. The van der Waals surface area contributed by atoms with Crippen molar-refractivity contribution >= 4 is 11.9 Å². The van der Waals surface area contributed by atoms with Gasteiger partial charge in [-0.1, -0.05) is 0 Å². The van der Waals surface area contributed by atoms with Crippen molar-refractivity contribution < 1.29 is 19.1 Å². The maximum Gasteiger partial charge on any atom is 0.324 e. The zero-order valence-corrected chi connectivity index (χ0v) is 15.7. The molecule has 2 aliphatic rings. The van der Waals surface area contributed by atoms with E-state index in [2.05, 4.69) is 16.3 Å². The van der Waals surface area contributed by atoms with Crippen LogP contribution >= 0.6 is 0 Å². The van der Waals surface area contributed by atoms with Crippen molar-refractivity contribution in [1.29, 1.82) is 0 Å². The largest absolute Gasteiger partial charge is 0.490 e. The van der Waals surface area contributed by atoms with Crippen LogP contribution in [0.15, 0.2) is 12.1 Å². The third-order valence-corrected chi connectivity index (χ3v) is 4.94. The molecule has 1 saturated heterocycles. The van der Waals surface area contributed by atoms with Crippen LogP contribution in [0.1, 0.15) is 31.9 Å². The summed E-state index contributed by atoms with van der Waals surface area (Å²) in [4.78, 5) is 27.8. The van der Waals surface area contributed by atoms with Crippen LogP contribution in [0.25, 0.3) is 0 Å². The normalized spacial score (nSPS) is 18.3. The molecule has 7 nitrogen and oxygen atoms in total. The van der Waals surface area contributed by atoms with Crippen molar-refractivity contribution in [3.63, 3.8) is 0 Å². The van der Waals surface area contributed by atoms with Crippen LogP contribution in [0.3, 0.4) is 0 Å². The SMILES string of the molecule is CCOc1cc2c(cc1OCC)CN([C@H](C)C(=O)N1CCNC1=O)CC2. The molecule has 0 aliphatic carbocycles. The average molecular weight is 361 g/mol. The quantitative estimate of drug-likeness (QED) is 0.836. The monoisotopic (exact) mass is 361 g/mol. The van der Waals surface area contributed by atoms with Gasteiger partial charge in [-0.3, -0.25) is 14.6 Å². The smallest absolute Gasteiger partial charge is 0.324 e. The van der Waals surface area contributed by atoms with E-state index in [1.807, 2.05) is 26.8 Å². The molecule has 26 heavy (non-hydrogen) atoms. The van der Waals surface area contributed by atoms with Gasteiger partial charge in [-0.05, 0) is 50.5 Å². The Balaban J connectivity index is 1.76. The molecule has 0 radical (unpaired) electrons. The van der Waals surface area contributed by atoms with E-state index < -0.39 is 0 Å². The first-order valence-electron chi connectivity index (χ1n) is 9.29. The predicted molar refractivity (Wildman–Crippen MR) is 97.5 cm³/mol. The molecule has 0 unspecified atom stereocenters. The van der Waals surface area contributed by atoms with E-state index in [0.717, 1.165) is 30.0 Å². The number of carbonyl (C=O) groups excluding carboxylic acids is 2. The van der Waals surface area contributed by atoms with Gasteiger partial charge in [0.1, 0.15) is 0 Å². The third kappa shape index (κ3) is 3.62. The number of amides is 3. The van der Waals surface area contributed by atoms with Gasteiger partial charge in [-0.25, -0.2) is 4.79 Å². The van der Waals surface area contributed by atoms with Gasteiger partial charge < -0.3 is 14.8 Å². The summed E-state index contributed by atoms with van der Waals surface area (Å²) in [6.07, 6.45) is 0.839. The highest BCUT2D eigenvalue weighted by Crippen LogP contribution is 2.34. The van der Waals surface area contributed by atoms with Gasteiger partial charge >= 0.3 is 6.03 Å². The van der Waals surface area contributed by atoms with Crippen LogP contribution < -0.4 is 14.8 Å². The molecule has 1 atom stereocenters. The number of rotatable bonds is 6. The summed E-state index contributed by atoms with van der Waals surface area (Å²) >= 11 is 0. The second-order valence-corrected chi connectivity index (χ2v) is 6.55. The topological polar surface area (TPSA) is 71.1 Å². The fraction of sp³-hybridized carbons (Fsp3) is 0.579. The molecule has 3 amide bonds. The molecule has 1 aromatic carbocycles. The fourth-order valence-corrected chi connectivity index (χ4v) is 3.52. The van der Waals surface area contributed by atoms with Crippen LogP contribution in [-0.4, -0.2) is 60.6 Å². The number of urea groups is 1. The van der Waals surface area contributed by atoms with Crippen molar-refractivity contribution in [2.75, 3.05) is 32.8 Å². The first-order valence-corrected chi connectivity index (χ1v) is 9.29. The van der Waals surface area contributed by atoms with Crippen molar-refractivity contribution in [3.8, 4) is 11.5 Å². The maximum atomic E-state index is 12.7. The molecule has 142 valence electrons. The Morgan fingerprint density at radius 2 is 1.81 bits per heavy atom. The number of nitrogens with one attached hydrogen (secondary N) is 1. The number of imide groups is 1. The van der Waals surface area contributed by atoms with Crippen molar-refractivity contribution in [3.05, 3.63) is 23.3 Å². The number of carbonyl (C=O) groups is 2. The Hall–Kier alpha value is -2.28. The van der Waals surface area contributed by atoms with Crippen molar-refractivity contribution in [2.45, 2.75) is 39.8 Å². The van der Waals surface area contributed by atoms with Gasteiger partial charge in [-0.2, -0.15) is 0 Å². The summed E-state index contributed by atoms with van der Waals surface area (Å²) in [6, 6.07) is 3.45. The van der Waals surface area contributed by atoms with E-state index in [1.54, 1.807) is 0 Å². The van der Waals surface area contributed by atoms with E-state index in [1.165, 1.54) is 10.5 Å². The summed E-state index contributed by atoms with van der Waals surface area (Å²) in [5, 5.41) is 2.68. The molecule has 7 heteroatoms. The molecule has 1 N–H and O–H groups in total. The summed E-state index contributed by atoms with van der Waals surface area (Å²) in [5.41, 5.74) is 2.38. The number of nitrogens with zero attached hydrogens (tertiary/aromatic N) is 2. The van der Waals surface area contributed by atoms with Crippen LogP contribution in [0.4, 0.5) is 4.79 Å². The van der Waals surface area contributed by atoms with E-state index in [-0.39, 0.29) is 18.0 Å². The summed E-state index contributed by atoms with van der Waals surface area (Å²) in [6.45, 7) is 9.34. The second-order valence-electron chi connectivity index (χ2n) is 6.55. The number of hydrogen-bond donors (Lipinski definition) is 1. The summed E-state index contributed by atoms with van der Waals surface area (Å²) in [5.74, 6) is 1.38. The molecular weight excluding hydrogens is 334 g/mol. The van der Waals surface area contributed by atoms with E-state index in [0.29, 0.717) is 32.8 Å². The third-order valence-electron chi connectivity index (χ3n) is 4.94. The Labute approximate surface area is 154 Å². The Kier molecular flexibility index (Phi) is 5.66. The second kappa shape index (κ2) is 7.95. The minimum absolute atomic E-state index is 0.139.